The van der Waals surface area contributed by atoms with Gasteiger partial charge in [-0.3, -0.25) is 0 Å². The van der Waals surface area contributed by atoms with Crippen LogP contribution in [-0.2, 0) is 4.74 Å². The Hall–Kier alpha value is -0.700. The summed E-state index contributed by atoms with van der Waals surface area (Å²) in [6.07, 6.45) is 6.15. The second-order valence-corrected chi connectivity index (χ2v) is 2.62. The van der Waals surface area contributed by atoms with Crippen molar-refractivity contribution in [3.8, 4) is 0 Å². The summed E-state index contributed by atoms with van der Waals surface area (Å²) in [5.74, 6) is 0. The van der Waals surface area contributed by atoms with E-state index in [-0.39, 0.29) is 6.10 Å². The first-order valence-electron chi connectivity index (χ1n) is 3.65. The first kappa shape index (κ1) is 6.04. The van der Waals surface area contributed by atoms with E-state index in [1.54, 1.807) is 6.20 Å². The van der Waals surface area contributed by atoms with Crippen molar-refractivity contribution in [2.75, 3.05) is 6.61 Å². The molecule has 54 valence electrons. The average Bonchev–Trinajstić information content (AvgIpc) is 2.05. The maximum absolute atomic E-state index is 5.44. The zero-order valence-electron chi connectivity index (χ0n) is 5.73. The minimum absolute atomic E-state index is 0.214. The average molecular weight is 138 g/mol. The lowest BCUT2D eigenvalue weighted by Gasteiger charge is -2.26. The van der Waals surface area contributed by atoms with Gasteiger partial charge in [-0.1, -0.05) is 0 Å². The predicted octanol–water partition coefficient (Wildman–Crippen LogP) is 1.51. The topological polar surface area (TPSA) is 34.0 Å². The van der Waals surface area contributed by atoms with E-state index in [1.165, 1.54) is 0 Å². The molecule has 1 fully saturated rings. The van der Waals surface area contributed by atoms with Crippen molar-refractivity contribution >= 4 is 0 Å². The van der Waals surface area contributed by atoms with Gasteiger partial charge in [0.25, 0.3) is 0 Å². The van der Waals surface area contributed by atoms with Crippen molar-refractivity contribution in [3.05, 3.63) is 12.3 Å². The summed E-state index contributed by atoms with van der Waals surface area (Å²) in [5.41, 5.74) is 0. The van der Waals surface area contributed by atoms with E-state index in [0.29, 0.717) is 6.04 Å². The van der Waals surface area contributed by atoms with Crippen LogP contribution in [0.5, 0.6) is 0 Å². The lowest BCUT2D eigenvalue weighted by Crippen LogP contribution is -2.31. The van der Waals surface area contributed by atoms with Crippen LogP contribution in [0, 0.1) is 0 Å². The number of hydrogen-bond donors (Lipinski definition) is 0. The zero-order chi connectivity index (χ0) is 6.81. The van der Waals surface area contributed by atoms with Crippen molar-refractivity contribution in [1.29, 1.82) is 0 Å². The highest BCUT2D eigenvalue weighted by Crippen LogP contribution is 2.20. The molecule has 0 aromatic rings. The van der Waals surface area contributed by atoms with E-state index in [2.05, 4.69) is 10.2 Å². The van der Waals surface area contributed by atoms with Crippen LogP contribution in [0.4, 0.5) is 0 Å². The fraction of sp³-hybridized carbons (Fsp3) is 0.714. The van der Waals surface area contributed by atoms with E-state index in [0.717, 1.165) is 19.4 Å². The fourth-order valence-electron chi connectivity index (χ4n) is 1.34. The van der Waals surface area contributed by atoms with Crippen LogP contribution in [-0.4, -0.2) is 18.8 Å². The highest BCUT2D eigenvalue weighted by Gasteiger charge is 2.24. The Morgan fingerprint density at radius 1 is 1.50 bits per heavy atom. The van der Waals surface area contributed by atoms with Crippen molar-refractivity contribution < 1.29 is 4.74 Å². The van der Waals surface area contributed by atoms with E-state index >= 15 is 0 Å². The standard InChI is InChI=1S/C7H10N2O/c1-2-6-7(10-5-1)3-4-8-9-6/h3-4,6-7H,1-2,5H2. The molecule has 0 aromatic carbocycles. The second kappa shape index (κ2) is 2.50. The van der Waals surface area contributed by atoms with E-state index in [1.807, 2.05) is 6.08 Å². The number of nitrogens with zero attached hydrogens (tertiary/aromatic N) is 2. The number of rotatable bonds is 0. The van der Waals surface area contributed by atoms with Gasteiger partial charge < -0.3 is 4.74 Å². The van der Waals surface area contributed by atoms with E-state index in [4.69, 9.17) is 4.74 Å². The van der Waals surface area contributed by atoms with E-state index < -0.39 is 0 Å². The van der Waals surface area contributed by atoms with Crippen molar-refractivity contribution in [2.24, 2.45) is 10.2 Å². The van der Waals surface area contributed by atoms with Crippen molar-refractivity contribution in [2.45, 2.75) is 25.0 Å². The molecule has 0 saturated carbocycles. The van der Waals surface area contributed by atoms with Crippen LogP contribution >= 0.6 is 0 Å². The maximum atomic E-state index is 5.44. The molecule has 0 aromatic heterocycles. The smallest absolute Gasteiger partial charge is 0.102 e. The van der Waals surface area contributed by atoms with Gasteiger partial charge >= 0.3 is 0 Å². The molecule has 2 aliphatic rings. The second-order valence-electron chi connectivity index (χ2n) is 2.62. The molecule has 0 N–H and O–H groups in total. The third-order valence-corrected chi connectivity index (χ3v) is 1.89. The number of azo groups is 1. The molecular formula is C7H10N2O. The molecule has 2 heterocycles. The van der Waals surface area contributed by atoms with Gasteiger partial charge in [0.1, 0.15) is 12.1 Å². The lowest BCUT2D eigenvalue weighted by molar-refractivity contribution is 0.0285. The molecule has 2 rings (SSSR count). The van der Waals surface area contributed by atoms with E-state index in [9.17, 15) is 0 Å². The minimum atomic E-state index is 0.214. The van der Waals surface area contributed by atoms with Gasteiger partial charge in [-0.2, -0.15) is 10.2 Å². The number of hydrogen-bond acceptors (Lipinski definition) is 3. The SMILES string of the molecule is C1=CC2OCCCC2N=N1. The Kier molecular flexibility index (Phi) is 1.51. The zero-order valence-corrected chi connectivity index (χ0v) is 5.73. The van der Waals surface area contributed by atoms with Crippen LogP contribution in [0.1, 0.15) is 12.8 Å². The van der Waals surface area contributed by atoms with Crippen LogP contribution in [0.3, 0.4) is 0 Å². The van der Waals surface area contributed by atoms with Gasteiger partial charge in [-0.25, -0.2) is 0 Å². The van der Waals surface area contributed by atoms with Gasteiger partial charge in [0.2, 0.25) is 0 Å². The Morgan fingerprint density at radius 2 is 2.50 bits per heavy atom. The molecule has 0 spiro atoms. The third kappa shape index (κ3) is 0.968. The van der Waals surface area contributed by atoms with Gasteiger partial charge in [0.15, 0.2) is 0 Å². The Morgan fingerprint density at radius 3 is 3.40 bits per heavy atom. The van der Waals surface area contributed by atoms with Crippen molar-refractivity contribution in [1.82, 2.24) is 0 Å². The minimum Gasteiger partial charge on any atom is -0.372 e. The third-order valence-electron chi connectivity index (χ3n) is 1.89. The van der Waals surface area contributed by atoms with Crippen molar-refractivity contribution in [3.63, 3.8) is 0 Å². The molecule has 10 heavy (non-hydrogen) atoms. The van der Waals surface area contributed by atoms with Crippen LogP contribution in [0.2, 0.25) is 0 Å². The molecule has 0 bridgehead atoms. The van der Waals surface area contributed by atoms with Gasteiger partial charge in [0.05, 0.1) is 0 Å². The molecule has 3 heteroatoms. The monoisotopic (exact) mass is 138 g/mol. The maximum Gasteiger partial charge on any atom is 0.102 e. The highest BCUT2D eigenvalue weighted by molar-refractivity contribution is 4.99. The van der Waals surface area contributed by atoms with Crippen LogP contribution < -0.4 is 0 Å². The quantitative estimate of drug-likeness (QED) is 0.499. The lowest BCUT2D eigenvalue weighted by atomic mass is 10.0. The summed E-state index contributed by atoms with van der Waals surface area (Å²) < 4.78 is 5.44. The molecule has 0 aliphatic carbocycles. The molecule has 0 amide bonds. The summed E-state index contributed by atoms with van der Waals surface area (Å²) in [6.45, 7) is 0.876. The Labute approximate surface area is 59.8 Å². The molecular weight excluding hydrogens is 128 g/mol. The summed E-state index contributed by atoms with van der Waals surface area (Å²) >= 11 is 0. The molecule has 2 atom stereocenters. The number of ether oxygens (including phenoxy) is 1. The Balaban J connectivity index is 2.09. The summed E-state index contributed by atoms with van der Waals surface area (Å²) in [6, 6.07) is 0.304. The largest absolute Gasteiger partial charge is 0.372 e. The van der Waals surface area contributed by atoms with Gasteiger partial charge in [-0.05, 0) is 18.9 Å². The Bertz CT molecular complexity index is 156. The summed E-state index contributed by atoms with van der Waals surface area (Å²) in [4.78, 5) is 0. The summed E-state index contributed by atoms with van der Waals surface area (Å²) in [7, 11) is 0. The molecule has 1 saturated heterocycles. The van der Waals surface area contributed by atoms with Crippen LogP contribution in [0.25, 0.3) is 0 Å². The molecule has 3 nitrogen and oxygen atoms in total. The normalized spacial score (nSPS) is 37.6. The molecule has 2 aliphatic heterocycles. The van der Waals surface area contributed by atoms with Gasteiger partial charge in [0, 0.05) is 12.8 Å². The predicted molar refractivity (Wildman–Crippen MR) is 36.8 cm³/mol. The van der Waals surface area contributed by atoms with Crippen LogP contribution in [0.15, 0.2) is 22.5 Å². The summed E-state index contributed by atoms with van der Waals surface area (Å²) in [5, 5.41) is 7.89. The van der Waals surface area contributed by atoms with Gasteiger partial charge in [-0.15, -0.1) is 0 Å². The molecule has 0 radical (unpaired) electrons. The highest BCUT2D eigenvalue weighted by atomic mass is 16.5. The fourth-order valence-corrected chi connectivity index (χ4v) is 1.34. The number of fused-ring (bicyclic) bond motifs is 1. The first-order chi connectivity index (χ1) is 4.97. The molecule has 2 unspecified atom stereocenters. The first-order valence-corrected chi connectivity index (χ1v) is 3.65.